The summed E-state index contributed by atoms with van der Waals surface area (Å²) in [7, 11) is -1.87. The first-order valence-corrected chi connectivity index (χ1v) is 8.93. The molecule has 0 saturated heterocycles. The minimum Gasteiger partial charge on any atom is -0.317 e. The third-order valence-corrected chi connectivity index (χ3v) is 4.76. The first-order valence-electron chi connectivity index (χ1n) is 7.12. The van der Waals surface area contributed by atoms with Crippen LogP contribution in [0.25, 0.3) is 0 Å². The molecule has 0 amide bonds. The van der Waals surface area contributed by atoms with Gasteiger partial charge in [0.2, 0.25) is 0 Å². The molecule has 0 bridgehead atoms. The van der Waals surface area contributed by atoms with Crippen LogP contribution in [-0.2, 0) is 16.8 Å². The summed E-state index contributed by atoms with van der Waals surface area (Å²) in [6.45, 7) is 4.61. The highest BCUT2D eigenvalue weighted by Crippen LogP contribution is 2.10. The van der Waals surface area contributed by atoms with Gasteiger partial charge in [-0.15, -0.1) is 0 Å². The van der Waals surface area contributed by atoms with E-state index in [9.17, 15) is 8.42 Å². The van der Waals surface area contributed by atoms with Crippen molar-refractivity contribution in [2.75, 3.05) is 26.7 Å². The Morgan fingerprint density at radius 3 is 2.71 bits per heavy atom. The molecule has 1 aromatic rings. The summed E-state index contributed by atoms with van der Waals surface area (Å²) in [6.07, 6.45) is 1.86. The normalized spacial score (nSPS) is 12.0. The Labute approximate surface area is 132 Å². The summed E-state index contributed by atoms with van der Waals surface area (Å²) < 4.78 is 28.1. The molecule has 0 aliphatic heterocycles. The molecule has 1 aromatic carbocycles. The maximum absolute atomic E-state index is 12.1. The molecule has 0 aliphatic rings. The van der Waals surface area contributed by atoms with Crippen molar-refractivity contribution in [2.45, 2.75) is 26.3 Å². The first kappa shape index (κ1) is 18.4. The van der Waals surface area contributed by atoms with Gasteiger partial charge in [0.05, 0.1) is 0 Å². The van der Waals surface area contributed by atoms with E-state index in [0.29, 0.717) is 11.6 Å². The SMILES string of the molecule is CCCNCCCN(C)S(=O)(=O)NCc1cccc(Cl)c1. The predicted octanol–water partition coefficient (Wildman–Crippen LogP) is 2.00. The lowest BCUT2D eigenvalue weighted by Crippen LogP contribution is -2.39. The third-order valence-electron chi connectivity index (χ3n) is 3.01. The zero-order valence-electron chi connectivity index (χ0n) is 12.6. The number of nitrogens with one attached hydrogen (secondary N) is 2. The lowest BCUT2D eigenvalue weighted by atomic mass is 10.2. The molecular weight excluding hydrogens is 310 g/mol. The van der Waals surface area contributed by atoms with Crippen LogP contribution in [0.5, 0.6) is 0 Å². The van der Waals surface area contributed by atoms with Crippen molar-refractivity contribution < 1.29 is 8.42 Å². The van der Waals surface area contributed by atoms with Crippen molar-refractivity contribution in [3.63, 3.8) is 0 Å². The van der Waals surface area contributed by atoms with Gasteiger partial charge in [-0.2, -0.15) is 17.4 Å². The fourth-order valence-electron chi connectivity index (χ4n) is 1.78. The number of halogens is 1. The summed E-state index contributed by atoms with van der Waals surface area (Å²) in [6, 6.07) is 7.14. The molecule has 0 fully saturated rings. The summed E-state index contributed by atoms with van der Waals surface area (Å²) in [5.41, 5.74) is 0.837. The quantitative estimate of drug-likeness (QED) is 0.644. The van der Waals surface area contributed by atoms with E-state index in [2.05, 4.69) is 17.0 Å². The van der Waals surface area contributed by atoms with E-state index in [4.69, 9.17) is 11.6 Å². The molecule has 0 heterocycles. The van der Waals surface area contributed by atoms with Gasteiger partial charge in [0, 0.05) is 25.2 Å². The van der Waals surface area contributed by atoms with Crippen LogP contribution in [0.15, 0.2) is 24.3 Å². The van der Waals surface area contributed by atoms with Gasteiger partial charge in [-0.05, 0) is 43.6 Å². The molecule has 0 unspecified atom stereocenters. The van der Waals surface area contributed by atoms with Crippen LogP contribution in [0.4, 0.5) is 0 Å². The molecule has 0 aromatic heterocycles. The third kappa shape index (κ3) is 7.24. The summed E-state index contributed by atoms with van der Waals surface area (Å²) in [5.74, 6) is 0. The summed E-state index contributed by atoms with van der Waals surface area (Å²) >= 11 is 5.87. The Morgan fingerprint density at radius 1 is 1.29 bits per heavy atom. The molecule has 0 aliphatic carbocycles. The highest BCUT2D eigenvalue weighted by molar-refractivity contribution is 7.87. The molecule has 2 N–H and O–H groups in total. The Bertz CT molecular complexity index is 523. The fourth-order valence-corrected chi connectivity index (χ4v) is 2.93. The van der Waals surface area contributed by atoms with Gasteiger partial charge >= 0.3 is 0 Å². The number of hydrogen-bond acceptors (Lipinski definition) is 3. The number of nitrogens with zero attached hydrogens (tertiary/aromatic N) is 1. The van der Waals surface area contributed by atoms with E-state index < -0.39 is 10.2 Å². The van der Waals surface area contributed by atoms with Crippen molar-refractivity contribution in [1.82, 2.24) is 14.3 Å². The van der Waals surface area contributed by atoms with E-state index in [1.165, 1.54) is 4.31 Å². The average molecular weight is 334 g/mol. The van der Waals surface area contributed by atoms with E-state index in [1.807, 2.05) is 6.07 Å². The van der Waals surface area contributed by atoms with Gasteiger partial charge in [0.15, 0.2) is 0 Å². The second-order valence-corrected chi connectivity index (χ2v) is 7.18. The second-order valence-electron chi connectivity index (χ2n) is 4.88. The van der Waals surface area contributed by atoms with Crippen LogP contribution in [-0.4, -0.2) is 39.4 Å². The van der Waals surface area contributed by atoms with Crippen LogP contribution >= 0.6 is 11.6 Å². The lowest BCUT2D eigenvalue weighted by molar-refractivity contribution is 0.444. The lowest BCUT2D eigenvalue weighted by Gasteiger charge is -2.17. The van der Waals surface area contributed by atoms with E-state index in [1.54, 1.807) is 25.2 Å². The van der Waals surface area contributed by atoms with Crippen molar-refractivity contribution >= 4 is 21.8 Å². The zero-order chi connectivity index (χ0) is 15.7. The molecule has 1 rings (SSSR count). The van der Waals surface area contributed by atoms with Gasteiger partial charge in [0.25, 0.3) is 10.2 Å². The van der Waals surface area contributed by atoms with Gasteiger partial charge in [0.1, 0.15) is 0 Å². The molecule has 0 radical (unpaired) electrons. The fraction of sp³-hybridized carbons (Fsp3) is 0.571. The van der Waals surface area contributed by atoms with E-state index in [-0.39, 0.29) is 6.54 Å². The Morgan fingerprint density at radius 2 is 2.05 bits per heavy atom. The van der Waals surface area contributed by atoms with Crippen molar-refractivity contribution in [3.05, 3.63) is 34.9 Å². The van der Waals surface area contributed by atoms with Crippen LogP contribution in [0, 0.1) is 0 Å². The van der Waals surface area contributed by atoms with Gasteiger partial charge in [-0.1, -0.05) is 30.7 Å². The maximum atomic E-state index is 12.1. The van der Waals surface area contributed by atoms with Crippen LogP contribution in [0.1, 0.15) is 25.3 Å². The van der Waals surface area contributed by atoms with Crippen LogP contribution in [0.3, 0.4) is 0 Å². The smallest absolute Gasteiger partial charge is 0.279 e. The number of benzene rings is 1. The molecule has 0 spiro atoms. The average Bonchev–Trinajstić information content (AvgIpc) is 2.45. The summed E-state index contributed by atoms with van der Waals surface area (Å²) in [5, 5.41) is 3.85. The standard InChI is InChI=1S/C14H24ClN3O2S/c1-3-8-16-9-5-10-18(2)21(19,20)17-12-13-6-4-7-14(15)11-13/h4,6-7,11,16-17H,3,5,8-10,12H2,1-2H3. The second kappa shape index (κ2) is 9.38. The predicted molar refractivity (Wildman–Crippen MR) is 87.6 cm³/mol. The van der Waals surface area contributed by atoms with Crippen LogP contribution < -0.4 is 10.0 Å². The molecule has 7 heteroatoms. The molecule has 0 atom stereocenters. The molecule has 0 saturated carbocycles. The zero-order valence-corrected chi connectivity index (χ0v) is 14.2. The minimum absolute atomic E-state index is 0.237. The van der Waals surface area contributed by atoms with Gasteiger partial charge in [-0.25, -0.2) is 0 Å². The van der Waals surface area contributed by atoms with Crippen molar-refractivity contribution in [1.29, 1.82) is 0 Å². The topological polar surface area (TPSA) is 61.4 Å². The molecular formula is C14H24ClN3O2S. The van der Waals surface area contributed by atoms with Crippen LogP contribution in [0.2, 0.25) is 5.02 Å². The molecule has 120 valence electrons. The Balaban J connectivity index is 2.38. The Hall–Kier alpha value is -0.660. The van der Waals surface area contributed by atoms with Crippen molar-refractivity contribution in [3.8, 4) is 0 Å². The minimum atomic E-state index is -3.45. The number of rotatable bonds is 10. The monoisotopic (exact) mass is 333 g/mol. The van der Waals surface area contributed by atoms with Gasteiger partial charge < -0.3 is 5.32 Å². The molecule has 21 heavy (non-hydrogen) atoms. The highest BCUT2D eigenvalue weighted by atomic mass is 35.5. The summed E-state index contributed by atoms with van der Waals surface area (Å²) in [4.78, 5) is 0. The molecule has 5 nitrogen and oxygen atoms in total. The largest absolute Gasteiger partial charge is 0.317 e. The maximum Gasteiger partial charge on any atom is 0.279 e. The first-order chi connectivity index (χ1) is 9.95. The highest BCUT2D eigenvalue weighted by Gasteiger charge is 2.16. The Kier molecular flexibility index (Phi) is 8.21. The van der Waals surface area contributed by atoms with E-state index in [0.717, 1.165) is 31.5 Å². The number of hydrogen-bond donors (Lipinski definition) is 2. The van der Waals surface area contributed by atoms with E-state index >= 15 is 0 Å². The van der Waals surface area contributed by atoms with Crippen molar-refractivity contribution in [2.24, 2.45) is 0 Å². The van der Waals surface area contributed by atoms with Gasteiger partial charge in [-0.3, -0.25) is 0 Å².